The molecule has 180 valence electrons. The molecule has 0 unspecified atom stereocenters. The molecular weight excluding hydrogens is 436 g/mol. The number of methoxy groups -OCH3 is 1. The summed E-state index contributed by atoms with van der Waals surface area (Å²) in [6.45, 7) is 8.87. The first-order valence-electron chi connectivity index (χ1n) is 11.8. The molecule has 2 N–H and O–H groups in total. The second-order valence-electron chi connectivity index (χ2n) is 8.99. The van der Waals surface area contributed by atoms with Crippen LogP contribution in [0.15, 0.2) is 77.4 Å². The Labute approximate surface area is 207 Å². The summed E-state index contributed by atoms with van der Waals surface area (Å²) in [4.78, 5) is 13.0. The van der Waals surface area contributed by atoms with Crippen LogP contribution in [0.1, 0.15) is 41.1 Å². The summed E-state index contributed by atoms with van der Waals surface area (Å²) in [7, 11) is 1.43. The summed E-state index contributed by atoms with van der Waals surface area (Å²) in [5, 5.41) is 6.77. The van der Waals surface area contributed by atoms with Crippen molar-refractivity contribution in [1.29, 1.82) is 0 Å². The van der Waals surface area contributed by atoms with Gasteiger partial charge in [-0.1, -0.05) is 30.3 Å². The molecule has 0 fully saturated rings. The van der Waals surface area contributed by atoms with E-state index in [0.717, 1.165) is 50.5 Å². The van der Waals surface area contributed by atoms with Gasteiger partial charge in [-0.2, -0.15) is 0 Å². The van der Waals surface area contributed by atoms with Crippen molar-refractivity contribution >= 4 is 17.3 Å². The first-order valence-corrected chi connectivity index (χ1v) is 11.8. The predicted molar refractivity (Wildman–Crippen MR) is 143 cm³/mol. The maximum Gasteiger partial charge on any atom is 0.338 e. The smallest absolute Gasteiger partial charge is 0.338 e. The van der Waals surface area contributed by atoms with Crippen molar-refractivity contribution in [1.82, 2.24) is 0 Å². The summed E-state index contributed by atoms with van der Waals surface area (Å²) in [5.41, 5.74) is 8.53. The lowest BCUT2D eigenvalue weighted by atomic mass is 9.86. The van der Waals surface area contributed by atoms with Crippen LogP contribution in [0.25, 0.3) is 22.3 Å². The van der Waals surface area contributed by atoms with Crippen molar-refractivity contribution in [3.05, 3.63) is 95.4 Å². The molecule has 4 rings (SSSR count). The zero-order valence-electron chi connectivity index (χ0n) is 20.9. The molecular formula is C30H32N2O3. The number of anilines is 2. The van der Waals surface area contributed by atoms with E-state index in [1.54, 1.807) is 6.26 Å². The minimum atomic E-state index is -0.333. The fraction of sp³-hybridized carbons (Fsp3) is 0.233. The van der Waals surface area contributed by atoms with Crippen LogP contribution in [0.2, 0.25) is 0 Å². The number of carbonyl (C=O) groups excluding carboxylic acids is 1. The molecule has 0 amide bonds. The van der Waals surface area contributed by atoms with Crippen LogP contribution in [-0.2, 0) is 11.3 Å². The number of benzene rings is 3. The van der Waals surface area contributed by atoms with Gasteiger partial charge in [0.1, 0.15) is 5.76 Å². The average Bonchev–Trinajstić information content (AvgIpc) is 3.38. The molecule has 0 spiro atoms. The summed E-state index contributed by atoms with van der Waals surface area (Å²) < 4.78 is 10.6. The van der Waals surface area contributed by atoms with E-state index >= 15 is 0 Å². The Balaban J connectivity index is 1.69. The highest BCUT2D eigenvalue weighted by atomic mass is 16.5. The summed E-state index contributed by atoms with van der Waals surface area (Å²) >= 11 is 0. The molecule has 0 aliphatic carbocycles. The van der Waals surface area contributed by atoms with Gasteiger partial charge in [0, 0.05) is 17.4 Å². The number of nitrogens with one attached hydrogen (secondary N) is 2. The van der Waals surface area contributed by atoms with Gasteiger partial charge < -0.3 is 19.8 Å². The second kappa shape index (κ2) is 10.5. The molecule has 3 aromatic carbocycles. The lowest BCUT2D eigenvalue weighted by Gasteiger charge is -2.19. The first-order chi connectivity index (χ1) is 16.9. The van der Waals surface area contributed by atoms with Crippen LogP contribution in [-0.4, -0.2) is 19.1 Å². The number of carbonyl (C=O) groups is 1. The molecule has 0 aliphatic rings. The lowest BCUT2D eigenvalue weighted by molar-refractivity contribution is 0.0600. The van der Waals surface area contributed by atoms with Crippen LogP contribution in [0.3, 0.4) is 0 Å². The molecule has 1 aromatic heterocycles. The number of ether oxygens (including phenoxy) is 1. The minimum Gasteiger partial charge on any atom is -0.467 e. The zero-order chi connectivity index (χ0) is 24.9. The quantitative estimate of drug-likeness (QED) is 0.263. The number of esters is 1. The van der Waals surface area contributed by atoms with Gasteiger partial charge in [-0.15, -0.1) is 0 Å². The van der Waals surface area contributed by atoms with Gasteiger partial charge in [-0.3, -0.25) is 0 Å². The topological polar surface area (TPSA) is 63.5 Å². The van der Waals surface area contributed by atoms with Crippen molar-refractivity contribution in [3.8, 4) is 22.3 Å². The van der Waals surface area contributed by atoms with E-state index in [4.69, 9.17) is 9.15 Å². The Kier molecular flexibility index (Phi) is 7.25. The normalized spacial score (nSPS) is 10.9. The Morgan fingerprint density at radius 2 is 1.60 bits per heavy atom. The van der Waals surface area contributed by atoms with Gasteiger partial charge >= 0.3 is 5.97 Å². The van der Waals surface area contributed by atoms with Crippen LogP contribution in [0.5, 0.6) is 0 Å². The Morgan fingerprint density at radius 1 is 0.943 bits per heavy atom. The first kappa shape index (κ1) is 24.1. The Morgan fingerprint density at radius 3 is 2.20 bits per heavy atom. The van der Waals surface area contributed by atoms with E-state index in [-0.39, 0.29) is 5.97 Å². The monoisotopic (exact) mass is 468 g/mol. The van der Waals surface area contributed by atoms with E-state index in [1.807, 2.05) is 50.2 Å². The molecule has 0 saturated heterocycles. The van der Waals surface area contributed by atoms with E-state index in [2.05, 4.69) is 54.8 Å². The molecule has 0 aliphatic heterocycles. The maximum atomic E-state index is 13.0. The highest BCUT2D eigenvalue weighted by Crippen LogP contribution is 2.37. The van der Waals surface area contributed by atoms with Crippen molar-refractivity contribution in [2.75, 3.05) is 17.7 Å². The molecule has 5 heteroatoms. The minimum absolute atomic E-state index is 0.333. The van der Waals surface area contributed by atoms with E-state index in [0.29, 0.717) is 18.2 Å². The molecule has 0 saturated carbocycles. The number of aryl methyl sites for hydroxylation is 1. The van der Waals surface area contributed by atoms with Crippen LogP contribution in [0.4, 0.5) is 11.4 Å². The number of rotatable bonds is 8. The van der Waals surface area contributed by atoms with Crippen molar-refractivity contribution in [3.63, 3.8) is 0 Å². The van der Waals surface area contributed by atoms with Gasteiger partial charge in [0.2, 0.25) is 0 Å². The fourth-order valence-electron chi connectivity index (χ4n) is 4.38. The van der Waals surface area contributed by atoms with Gasteiger partial charge in [-0.05, 0) is 97.5 Å². The summed E-state index contributed by atoms with van der Waals surface area (Å²) in [6.07, 6.45) is 1.67. The molecule has 5 nitrogen and oxygen atoms in total. The maximum absolute atomic E-state index is 13.0. The molecule has 4 aromatic rings. The molecule has 1 heterocycles. The number of furan rings is 1. The van der Waals surface area contributed by atoms with Crippen LogP contribution in [0, 0.1) is 13.8 Å². The molecule has 0 bridgehead atoms. The van der Waals surface area contributed by atoms with Gasteiger partial charge in [0.05, 0.1) is 25.5 Å². The zero-order valence-corrected chi connectivity index (χ0v) is 20.9. The van der Waals surface area contributed by atoms with E-state index < -0.39 is 0 Å². The summed E-state index contributed by atoms with van der Waals surface area (Å²) in [6, 6.07) is 22.8. The second-order valence-corrected chi connectivity index (χ2v) is 8.99. The highest BCUT2D eigenvalue weighted by Gasteiger charge is 2.22. The van der Waals surface area contributed by atoms with Crippen molar-refractivity contribution in [2.45, 2.75) is 40.3 Å². The standard InChI is InChI=1S/C30H32N2O3/c1-19(2)32-25-14-8-22(9-15-25)27-17-20(3)28(29(21(27)4)30(33)34-5)23-10-12-24(13-11-23)31-18-26-7-6-16-35-26/h6-17,19,31-32H,18H2,1-5H3. The van der Waals surface area contributed by atoms with Gasteiger partial charge in [-0.25, -0.2) is 4.79 Å². The Bertz CT molecular complexity index is 1290. The van der Waals surface area contributed by atoms with Crippen molar-refractivity contribution in [2.24, 2.45) is 0 Å². The molecule has 0 radical (unpaired) electrons. The lowest BCUT2D eigenvalue weighted by Crippen LogP contribution is -2.10. The predicted octanol–water partition coefficient (Wildman–Crippen LogP) is 7.45. The SMILES string of the molecule is COC(=O)c1c(C)c(-c2ccc(NC(C)C)cc2)cc(C)c1-c1ccc(NCc2ccco2)cc1. The number of hydrogen-bond acceptors (Lipinski definition) is 5. The Hall–Kier alpha value is -3.99. The largest absolute Gasteiger partial charge is 0.467 e. The molecule has 0 atom stereocenters. The summed E-state index contributed by atoms with van der Waals surface area (Å²) in [5.74, 6) is 0.540. The van der Waals surface area contributed by atoms with Gasteiger partial charge in [0.15, 0.2) is 0 Å². The fourth-order valence-corrected chi connectivity index (χ4v) is 4.38. The molecule has 35 heavy (non-hydrogen) atoms. The van der Waals surface area contributed by atoms with Crippen LogP contribution >= 0.6 is 0 Å². The highest BCUT2D eigenvalue weighted by molar-refractivity contribution is 6.02. The number of hydrogen-bond donors (Lipinski definition) is 2. The third-order valence-corrected chi connectivity index (χ3v) is 6.05. The van der Waals surface area contributed by atoms with E-state index in [9.17, 15) is 4.79 Å². The average molecular weight is 469 g/mol. The third kappa shape index (κ3) is 5.40. The van der Waals surface area contributed by atoms with E-state index in [1.165, 1.54) is 7.11 Å². The van der Waals surface area contributed by atoms with Crippen LogP contribution < -0.4 is 10.6 Å². The van der Waals surface area contributed by atoms with Crippen molar-refractivity contribution < 1.29 is 13.9 Å². The van der Waals surface area contributed by atoms with Gasteiger partial charge in [0.25, 0.3) is 0 Å². The third-order valence-electron chi connectivity index (χ3n) is 6.05.